The normalized spacial score (nSPS) is 16.6. The summed E-state index contributed by atoms with van der Waals surface area (Å²) in [4.78, 5) is 17.0. The molecule has 3 aromatic rings. The van der Waals surface area contributed by atoms with Crippen LogP contribution in [-0.4, -0.2) is 31.1 Å². The van der Waals surface area contributed by atoms with E-state index in [9.17, 15) is 4.79 Å². The molecular formula is C21H21N3O2. The first-order valence-electron chi connectivity index (χ1n) is 8.80. The highest BCUT2D eigenvalue weighted by molar-refractivity contribution is 6.04. The number of hydrogen-bond donors (Lipinski definition) is 2. The molecule has 1 unspecified atom stereocenters. The molecule has 0 aliphatic carbocycles. The minimum atomic E-state index is -0.210. The van der Waals surface area contributed by atoms with Crippen LogP contribution in [0.4, 0.5) is 5.69 Å². The van der Waals surface area contributed by atoms with E-state index in [1.165, 1.54) is 5.56 Å². The fourth-order valence-electron chi connectivity index (χ4n) is 3.33. The summed E-state index contributed by atoms with van der Waals surface area (Å²) in [5, 5.41) is 7.24. The van der Waals surface area contributed by atoms with E-state index in [0.29, 0.717) is 11.6 Å². The van der Waals surface area contributed by atoms with E-state index < -0.39 is 0 Å². The number of rotatable bonds is 4. The molecule has 0 spiro atoms. The number of carbonyl (C=O) groups is 1. The van der Waals surface area contributed by atoms with Crippen molar-refractivity contribution in [1.29, 1.82) is 0 Å². The molecule has 2 heterocycles. The third-order valence-corrected chi connectivity index (χ3v) is 4.83. The first-order chi connectivity index (χ1) is 12.7. The van der Waals surface area contributed by atoms with Gasteiger partial charge in [-0.1, -0.05) is 18.2 Å². The molecule has 4 rings (SSSR count). The van der Waals surface area contributed by atoms with Crippen molar-refractivity contribution in [1.82, 2.24) is 10.3 Å². The van der Waals surface area contributed by atoms with Gasteiger partial charge in [-0.2, -0.15) is 0 Å². The lowest BCUT2D eigenvalue weighted by atomic mass is 9.98. The van der Waals surface area contributed by atoms with E-state index in [0.717, 1.165) is 41.9 Å². The SMILES string of the molecule is COc1ccc2nc(C(=O)Nc3ccc(C4CCNC4)cc3)ccc2c1. The van der Waals surface area contributed by atoms with Gasteiger partial charge in [0, 0.05) is 17.6 Å². The number of carbonyl (C=O) groups excluding carboxylic acids is 1. The predicted molar refractivity (Wildman–Crippen MR) is 103 cm³/mol. The van der Waals surface area contributed by atoms with Crippen molar-refractivity contribution in [3.63, 3.8) is 0 Å². The molecule has 1 atom stereocenters. The van der Waals surface area contributed by atoms with Crippen molar-refractivity contribution in [2.24, 2.45) is 0 Å². The second kappa shape index (κ2) is 7.14. The van der Waals surface area contributed by atoms with Crippen LogP contribution < -0.4 is 15.4 Å². The highest BCUT2D eigenvalue weighted by Gasteiger charge is 2.16. The van der Waals surface area contributed by atoms with Crippen LogP contribution >= 0.6 is 0 Å². The second-order valence-corrected chi connectivity index (χ2v) is 6.52. The highest BCUT2D eigenvalue weighted by atomic mass is 16.5. The molecule has 0 bridgehead atoms. The molecule has 0 radical (unpaired) electrons. The Labute approximate surface area is 152 Å². The number of nitrogens with zero attached hydrogens (tertiary/aromatic N) is 1. The minimum Gasteiger partial charge on any atom is -0.497 e. The monoisotopic (exact) mass is 347 g/mol. The first-order valence-corrected chi connectivity index (χ1v) is 8.80. The fourth-order valence-corrected chi connectivity index (χ4v) is 3.33. The number of fused-ring (bicyclic) bond motifs is 1. The van der Waals surface area contributed by atoms with Crippen LogP contribution in [-0.2, 0) is 0 Å². The van der Waals surface area contributed by atoms with Gasteiger partial charge in [-0.15, -0.1) is 0 Å². The van der Waals surface area contributed by atoms with Crippen LogP contribution in [0, 0.1) is 0 Å². The Kier molecular flexibility index (Phi) is 4.54. The number of methoxy groups -OCH3 is 1. The Hall–Kier alpha value is -2.92. The van der Waals surface area contributed by atoms with Gasteiger partial charge in [-0.05, 0) is 60.8 Å². The van der Waals surface area contributed by atoms with Gasteiger partial charge >= 0.3 is 0 Å². The van der Waals surface area contributed by atoms with E-state index in [4.69, 9.17) is 4.74 Å². The third-order valence-electron chi connectivity index (χ3n) is 4.83. The summed E-state index contributed by atoms with van der Waals surface area (Å²) in [5.41, 5.74) is 3.25. The maximum absolute atomic E-state index is 12.5. The summed E-state index contributed by atoms with van der Waals surface area (Å²) in [6.07, 6.45) is 1.16. The number of nitrogens with one attached hydrogen (secondary N) is 2. The Morgan fingerprint density at radius 1 is 1.15 bits per heavy atom. The molecule has 2 aromatic carbocycles. The van der Waals surface area contributed by atoms with Crippen molar-refractivity contribution in [2.45, 2.75) is 12.3 Å². The number of ether oxygens (including phenoxy) is 1. The van der Waals surface area contributed by atoms with Gasteiger partial charge in [-0.3, -0.25) is 4.79 Å². The molecule has 2 N–H and O–H groups in total. The van der Waals surface area contributed by atoms with E-state index in [-0.39, 0.29) is 5.91 Å². The zero-order valence-corrected chi connectivity index (χ0v) is 14.7. The van der Waals surface area contributed by atoms with Gasteiger partial charge in [0.1, 0.15) is 11.4 Å². The summed E-state index contributed by atoms with van der Waals surface area (Å²) in [6.45, 7) is 2.10. The molecule has 132 valence electrons. The molecule has 5 nitrogen and oxygen atoms in total. The molecule has 1 saturated heterocycles. The fraction of sp³-hybridized carbons (Fsp3) is 0.238. The molecule has 5 heteroatoms. The number of benzene rings is 2. The molecule has 26 heavy (non-hydrogen) atoms. The summed E-state index contributed by atoms with van der Waals surface area (Å²) >= 11 is 0. The van der Waals surface area contributed by atoms with Crippen LogP contribution in [0.1, 0.15) is 28.4 Å². The summed E-state index contributed by atoms with van der Waals surface area (Å²) < 4.78 is 5.21. The Balaban J connectivity index is 1.49. The number of pyridine rings is 1. The second-order valence-electron chi connectivity index (χ2n) is 6.52. The van der Waals surface area contributed by atoms with Crippen LogP contribution in [0.2, 0.25) is 0 Å². The lowest BCUT2D eigenvalue weighted by Gasteiger charge is -2.10. The lowest BCUT2D eigenvalue weighted by molar-refractivity contribution is 0.102. The lowest BCUT2D eigenvalue weighted by Crippen LogP contribution is -2.13. The van der Waals surface area contributed by atoms with Gasteiger partial charge in [0.15, 0.2) is 0 Å². The average molecular weight is 347 g/mol. The zero-order chi connectivity index (χ0) is 17.9. The topological polar surface area (TPSA) is 63.2 Å². The number of aromatic nitrogens is 1. The molecule has 1 aliphatic heterocycles. The number of anilines is 1. The van der Waals surface area contributed by atoms with E-state index in [1.54, 1.807) is 13.2 Å². The van der Waals surface area contributed by atoms with Gasteiger partial charge < -0.3 is 15.4 Å². The molecular weight excluding hydrogens is 326 g/mol. The Morgan fingerprint density at radius 2 is 2.00 bits per heavy atom. The van der Waals surface area contributed by atoms with Crippen molar-refractivity contribution in [2.75, 3.05) is 25.5 Å². The molecule has 1 aromatic heterocycles. The van der Waals surface area contributed by atoms with Crippen molar-refractivity contribution in [3.05, 3.63) is 65.9 Å². The predicted octanol–water partition coefficient (Wildman–Crippen LogP) is 3.57. The Morgan fingerprint density at radius 3 is 2.73 bits per heavy atom. The Bertz CT molecular complexity index is 932. The van der Waals surface area contributed by atoms with Gasteiger partial charge in [0.05, 0.1) is 12.6 Å². The first kappa shape index (κ1) is 16.5. The smallest absolute Gasteiger partial charge is 0.274 e. The van der Waals surface area contributed by atoms with E-state index in [1.807, 2.05) is 36.4 Å². The molecule has 1 amide bonds. The number of hydrogen-bond acceptors (Lipinski definition) is 4. The maximum atomic E-state index is 12.5. The van der Waals surface area contributed by atoms with Gasteiger partial charge in [-0.25, -0.2) is 4.98 Å². The van der Waals surface area contributed by atoms with Crippen LogP contribution in [0.5, 0.6) is 5.75 Å². The minimum absolute atomic E-state index is 0.210. The largest absolute Gasteiger partial charge is 0.497 e. The third kappa shape index (κ3) is 3.39. The molecule has 1 fully saturated rings. The maximum Gasteiger partial charge on any atom is 0.274 e. The number of amides is 1. The van der Waals surface area contributed by atoms with Crippen molar-refractivity contribution >= 4 is 22.5 Å². The van der Waals surface area contributed by atoms with Crippen LogP contribution in [0.25, 0.3) is 10.9 Å². The average Bonchev–Trinajstić information content (AvgIpc) is 3.22. The zero-order valence-electron chi connectivity index (χ0n) is 14.7. The van der Waals surface area contributed by atoms with Crippen LogP contribution in [0.15, 0.2) is 54.6 Å². The van der Waals surface area contributed by atoms with E-state index >= 15 is 0 Å². The highest BCUT2D eigenvalue weighted by Crippen LogP contribution is 2.24. The van der Waals surface area contributed by atoms with Gasteiger partial charge in [0.25, 0.3) is 5.91 Å². The van der Waals surface area contributed by atoms with Gasteiger partial charge in [0.2, 0.25) is 0 Å². The molecule has 0 saturated carbocycles. The van der Waals surface area contributed by atoms with E-state index in [2.05, 4.69) is 27.8 Å². The molecule has 1 aliphatic rings. The summed E-state index contributed by atoms with van der Waals surface area (Å²) in [5.74, 6) is 1.13. The van der Waals surface area contributed by atoms with Crippen LogP contribution in [0.3, 0.4) is 0 Å². The van der Waals surface area contributed by atoms with Crippen molar-refractivity contribution in [3.8, 4) is 5.75 Å². The standard InChI is InChI=1S/C21H21N3O2/c1-26-18-7-9-19-15(12-18)4-8-20(24-19)21(25)23-17-5-2-14(3-6-17)16-10-11-22-13-16/h2-9,12,16,22H,10-11,13H2,1H3,(H,23,25). The van der Waals surface area contributed by atoms with Crippen molar-refractivity contribution < 1.29 is 9.53 Å². The summed E-state index contributed by atoms with van der Waals surface area (Å²) in [6, 6.07) is 17.3. The quantitative estimate of drug-likeness (QED) is 0.757. The summed E-state index contributed by atoms with van der Waals surface area (Å²) in [7, 11) is 1.63.